The molecular formula is C22H17Cl2N3O3S. The third kappa shape index (κ3) is 4.69. The van der Waals surface area contributed by atoms with E-state index in [-0.39, 0.29) is 21.0 Å². The fourth-order valence-corrected chi connectivity index (χ4v) is 4.98. The monoisotopic (exact) mass is 473 g/mol. The number of amides is 1. The molecule has 0 aliphatic rings. The quantitative estimate of drug-likeness (QED) is 0.401. The van der Waals surface area contributed by atoms with E-state index >= 15 is 0 Å². The summed E-state index contributed by atoms with van der Waals surface area (Å²) in [7, 11) is -3.94. The van der Waals surface area contributed by atoms with E-state index in [9.17, 15) is 13.2 Å². The van der Waals surface area contributed by atoms with Gasteiger partial charge in [-0.05, 0) is 42.0 Å². The van der Waals surface area contributed by atoms with Gasteiger partial charge in [0.25, 0.3) is 10.0 Å². The predicted molar refractivity (Wildman–Crippen MR) is 123 cm³/mol. The molecule has 0 fully saturated rings. The number of aromatic nitrogens is 1. The van der Waals surface area contributed by atoms with Crippen LogP contribution in [0.5, 0.6) is 0 Å². The van der Waals surface area contributed by atoms with Crippen molar-refractivity contribution in [2.75, 3.05) is 4.72 Å². The summed E-state index contributed by atoms with van der Waals surface area (Å²) in [6.07, 6.45) is 1.60. The Labute approximate surface area is 189 Å². The van der Waals surface area contributed by atoms with Crippen molar-refractivity contribution in [3.8, 4) is 0 Å². The minimum Gasteiger partial charge on any atom is -0.333 e. The van der Waals surface area contributed by atoms with Gasteiger partial charge in [0, 0.05) is 28.2 Å². The topological polar surface area (TPSA) is 80.2 Å². The number of fused-ring (bicyclic) bond motifs is 1. The minimum atomic E-state index is -3.94. The van der Waals surface area contributed by atoms with Crippen LogP contribution in [0.2, 0.25) is 10.0 Å². The predicted octanol–water partition coefficient (Wildman–Crippen LogP) is 5.51. The molecule has 0 radical (unpaired) electrons. The molecule has 0 saturated carbocycles. The van der Waals surface area contributed by atoms with Crippen molar-refractivity contribution in [2.45, 2.75) is 11.4 Å². The second kappa shape index (κ2) is 8.63. The molecule has 1 aromatic heterocycles. The maximum absolute atomic E-state index is 12.8. The molecule has 3 aromatic carbocycles. The number of hydrogen-bond donors (Lipinski definition) is 2. The highest BCUT2D eigenvalue weighted by atomic mass is 35.5. The zero-order valence-corrected chi connectivity index (χ0v) is 18.4. The van der Waals surface area contributed by atoms with E-state index in [1.54, 1.807) is 30.5 Å². The molecule has 0 saturated heterocycles. The average molecular weight is 474 g/mol. The van der Waals surface area contributed by atoms with Crippen LogP contribution in [0.1, 0.15) is 5.56 Å². The molecule has 158 valence electrons. The molecule has 0 aliphatic heterocycles. The Kier molecular flexibility index (Phi) is 5.91. The first-order chi connectivity index (χ1) is 14.8. The maximum Gasteiger partial charge on any atom is 0.326 e. The summed E-state index contributed by atoms with van der Waals surface area (Å²) in [6.45, 7) is 0.376. The molecule has 0 bridgehead atoms. The largest absolute Gasteiger partial charge is 0.333 e. The summed E-state index contributed by atoms with van der Waals surface area (Å²) in [6, 6.07) is 20.0. The fourth-order valence-electron chi connectivity index (χ4n) is 3.18. The normalized spacial score (nSPS) is 11.4. The van der Waals surface area contributed by atoms with Gasteiger partial charge in [-0.3, -0.25) is 9.29 Å². The number of nitrogens with one attached hydrogen (secondary N) is 2. The maximum atomic E-state index is 12.8. The highest BCUT2D eigenvalue weighted by molar-refractivity contribution is 7.92. The van der Waals surface area contributed by atoms with Crippen molar-refractivity contribution in [2.24, 2.45) is 0 Å². The second-order valence-electron chi connectivity index (χ2n) is 6.78. The third-order valence-corrected chi connectivity index (χ3v) is 6.41. The van der Waals surface area contributed by atoms with Gasteiger partial charge in [0.05, 0.1) is 16.1 Å². The van der Waals surface area contributed by atoms with Crippen molar-refractivity contribution < 1.29 is 13.2 Å². The fraction of sp³-hybridized carbons (Fsp3) is 0.0455. The van der Waals surface area contributed by atoms with Gasteiger partial charge in [-0.15, -0.1) is 0 Å². The molecular weight excluding hydrogens is 457 g/mol. The van der Waals surface area contributed by atoms with Crippen LogP contribution in [0.3, 0.4) is 0 Å². The summed E-state index contributed by atoms with van der Waals surface area (Å²) in [4.78, 5) is 12.6. The molecule has 1 heterocycles. The molecule has 31 heavy (non-hydrogen) atoms. The lowest BCUT2D eigenvalue weighted by Crippen LogP contribution is -2.27. The highest BCUT2D eigenvalue weighted by Crippen LogP contribution is 2.28. The lowest BCUT2D eigenvalue weighted by atomic mass is 10.2. The Bertz CT molecular complexity index is 1350. The first kappa shape index (κ1) is 21.2. The van der Waals surface area contributed by atoms with Gasteiger partial charge in [0.1, 0.15) is 0 Å². The summed E-state index contributed by atoms with van der Waals surface area (Å²) < 4.78 is 29.7. The van der Waals surface area contributed by atoms with Crippen molar-refractivity contribution in [3.63, 3.8) is 0 Å². The van der Waals surface area contributed by atoms with Crippen LogP contribution in [-0.2, 0) is 16.6 Å². The molecule has 4 aromatic rings. The van der Waals surface area contributed by atoms with Crippen LogP contribution in [0.25, 0.3) is 10.9 Å². The number of rotatable bonds is 5. The third-order valence-electron chi connectivity index (χ3n) is 4.63. The van der Waals surface area contributed by atoms with E-state index in [0.29, 0.717) is 23.1 Å². The van der Waals surface area contributed by atoms with E-state index in [4.69, 9.17) is 23.2 Å². The summed E-state index contributed by atoms with van der Waals surface area (Å²) in [5, 5.41) is 3.86. The average Bonchev–Trinajstić information content (AvgIpc) is 3.17. The van der Waals surface area contributed by atoms with Crippen LogP contribution in [0, 0.1) is 0 Å². The number of carbonyl (C=O) groups excluding carboxylic acids is 1. The zero-order chi connectivity index (χ0) is 22.0. The number of hydrogen-bond acceptors (Lipinski definition) is 3. The summed E-state index contributed by atoms with van der Waals surface area (Å²) in [5.41, 5.74) is 1.87. The number of halogens is 2. The lowest BCUT2D eigenvalue weighted by Gasteiger charge is -2.11. The standard InChI is InChI=1S/C22H17Cl2N3O3S/c23-16-11-17(24)13-18(12-16)31(29,30)26-20-7-4-8-21-19(20)9-10-27(21)22(28)25-14-15-5-2-1-3-6-15/h1-13,26H,14H2,(H,25,28). The zero-order valence-electron chi connectivity index (χ0n) is 16.0. The number of anilines is 1. The minimum absolute atomic E-state index is 0.0537. The molecule has 0 aliphatic carbocycles. The van der Waals surface area contributed by atoms with Crippen LogP contribution >= 0.6 is 23.2 Å². The van der Waals surface area contributed by atoms with Gasteiger partial charge >= 0.3 is 6.03 Å². The van der Waals surface area contributed by atoms with Crippen molar-refractivity contribution in [3.05, 3.63) is 94.6 Å². The summed E-state index contributed by atoms with van der Waals surface area (Å²) in [5.74, 6) is 0. The molecule has 2 N–H and O–H groups in total. The molecule has 4 rings (SSSR count). The smallest absolute Gasteiger partial charge is 0.326 e. The van der Waals surface area contributed by atoms with E-state index in [0.717, 1.165) is 5.56 Å². The number of nitrogens with zero attached hydrogens (tertiary/aromatic N) is 1. The molecule has 0 unspecified atom stereocenters. The number of benzene rings is 3. The SMILES string of the molecule is O=C(NCc1ccccc1)n1ccc2c(NS(=O)(=O)c3cc(Cl)cc(Cl)c3)cccc21. The van der Waals surface area contributed by atoms with Gasteiger partial charge in [-0.25, -0.2) is 13.2 Å². The Morgan fingerprint density at radius 1 is 0.903 bits per heavy atom. The molecule has 9 heteroatoms. The first-order valence-corrected chi connectivity index (χ1v) is 11.5. The van der Waals surface area contributed by atoms with Crippen molar-refractivity contribution in [1.29, 1.82) is 0 Å². The molecule has 6 nitrogen and oxygen atoms in total. The highest BCUT2D eigenvalue weighted by Gasteiger charge is 2.18. The van der Waals surface area contributed by atoms with Gasteiger partial charge in [-0.1, -0.05) is 59.6 Å². The van der Waals surface area contributed by atoms with E-state index < -0.39 is 10.0 Å². The van der Waals surface area contributed by atoms with E-state index in [1.165, 1.54) is 22.8 Å². The number of carbonyl (C=O) groups is 1. The molecule has 0 spiro atoms. The second-order valence-corrected chi connectivity index (χ2v) is 9.33. The van der Waals surface area contributed by atoms with Crippen LogP contribution in [-0.4, -0.2) is 19.0 Å². The van der Waals surface area contributed by atoms with Crippen LogP contribution in [0.4, 0.5) is 10.5 Å². The van der Waals surface area contributed by atoms with E-state index in [1.807, 2.05) is 30.3 Å². The Hall–Kier alpha value is -3.00. The van der Waals surface area contributed by atoms with Gasteiger partial charge in [0.2, 0.25) is 0 Å². The van der Waals surface area contributed by atoms with Crippen molar-refractivity contribution in [1.82, 2.24) is 9.88 Å². The van der Waals surface area contributed by atoms with Crippen LogP contribution < -0.4 is 10.0 Å². The lowest BCUT2D eigenvalue weighted by molar-refractivity contribution is 0.243. The van der Waals surface area contributed by atoms with Gasteiger partial charge in [0.15, 0.2) is 0 Å². The van der Waals surface area contributed by atoms with E-state index in [2.05, 4.69) is 10.0 Å². The Morgan fingerprint density at radius 2 is 1.61 bits per heavy atom. The number of sulfonamides is 1. The summed E-state index contributed by atoms with van der Waals surface area (Å²) >= 11 is 11.9. The molecule has 0 atom stereocenters. The van der Waals surface area contributed by atoms with Gasteiger partial charge < -0.3 is 5.32 Å². The van der Waals surface area contributed by atoms with Crippen LogP contribution in [0.15, 0.2) is 83.9 Å². The molecule has 1 amide bonds. The van der Waals surface area contributed by atoms with Crippen molar-refractivity contribution >= 4 is 55.8 Å². The Morgan fingerprint density at radius 3 is 2.32 bits per heavy atom. The first-order valence-electron chi connectivity index (χ1n) is 9.24. The van der Waals surface area contributed by atoms with Gasteiger partial charge in [-0.2, -0.15) is 0 Å². The Balaban J connectivity index is 1.60.